The Labute approximate surface area is 198 Å². The molecule has 4 rings (SSSR count). The zero-order valence-electron chi connectivity index (χ0n) is 19.4. The number of ether oxygens (including phenoxy) is 1. The number of rotatable bonds is 7. The third-order valence-electron chi connectivity index (χ3n) is 5.69. The van der Waals surface area contributed by atoms with E-state index in [1.807, 2.05) is 43.3 Å². The molecule has 1 aliphatic heterocycles. The number of unbranched alkanes of at least 4 members (excludes halogenated alkanes) is 1. The first kappa shape index (κ1) is 22.9. The minimum Gasteiger partial charge on any atom is -0.479 e. The van der Waals surface area contributed by atoms with E-state index in [4.69, 9.17) is 9.72 Å². The van der Waals surface area contributed by atoms with Crippen molar-refractivity contribution in [1.82, 2.24) is 14.9 Å². The van der Waals surface area contributed by atoms with Crippen molar-refractivity contribution in [2.24, 2.45) is 0 Å². The molecule has 8 heteroatoms. The molecule has 0 spiro atoms. The van der Waals surface area contributed by atoms with Gasteiger partial charge in [-0.1, -0.05) is 19.4 Å². The number of amides is 2. The van der Waals surface area contributed by atoms with Crippen molar-refractivity contribution in [3.63, 3.8) is 0 Å². The molecule has 2 aromatic heterocycles. The molecule has 1 atom stereocenters. The molecule has 0 fully saturated rings. The Bertz CT molecular complexity index is 1160. The number of pyridine rings is 1. The maximum absolute atomic E-state index is 13.0. The Balaban J connectivity index is 1.67. The Kier molecular flexibility index (Phi) is 6.74. The lowest BCUT2D eigenvalue weighted by Gasteiger charge is -2.33. The van der Waals surface area contributed by atoms with Crippen LogP contribution in [-0.4, -0.2) is 52.9 Å². The molecule has 1 aromatic carbocycles. The highest BCUT2D eigenvalue weighted by atomic mass is 32.1. The molecule has 0 radical (unpaired) electrons. The van der Waals surface area contributed by atoms with E-state index in [0.29, 0.717) is 18.0 Å². The Morgan fingerprint density at radius 2 is 2.09 bits per heavy atom. The van der Waals surface area contributed by atoms with E-state index in [0.717, 1.165) is 39.7 Å². The molecule has 1 aliphatic rings. The number of thiazole rings is 1. The molecule has 33 heavy (non-hydrogen) atoms. The smallest absolute Gasteiger partial charge is 0.268 e. The van der Waals surface area contributed by atoms with Gasteiger partial charge in [-0.25, -0.2) is 4.98 Å². The van der Waals surface area contributed by atoms with E-state index < -0.39 is 6.10 Å². The summed E-state index contributed by atoms with van der Waals surface area (Å²) in [5.74, 6) is 0.276. The summed E-state index contributed by atoms with van der Waals surface area (Å²) in [5.41, 5.74) is 3.12. The molecule has 3 aromatic rings. The molecular weight excluding hydrogens is 436 g/mol. The van der Waals surface area contributed by atoms with Gasteiger partial charge < -0.3 is 9.64 Å². The lowest BCUT2D eigenvalue weighted by Crippen LogP contribution is -2.49. The minimum absolute atomic E-state index is 0.0154. The summed E-state index contributed by atoms with van der Waals surface area (Å²) in [6.45, 7) is 6.47. The van der Waals surface area contributed by atoms with Gasteiger partial charge in [0.1, 0.15) is 17.3 Å². The molecule has 2 amide bonds. The molecule has 0 N–H and O–H groups in total. The second-order valence-electron chi connectivity index (χ2n) is 8.17. The zero-order valence-corrected chi connectivity index (χ0v) is 20.2. The van der Waals surface area contributed by atoms with Crippen LogP contribution in [-0.2, 0) is 9.59 Å². The van der Waals surface area contributed by atoms with Gasteiger partial charge in [-0.15, -0.1) is 11.3 Å². The number of anilines is 1. The van der Waals surface area contributed by atoms with Crippen LogP contribution in [0.2, 0.25) is 0 Å². The average molecular weight is 465 g/mol. The fourth-order valence-corrected chi connectivity index (χ4v) is 4.67. The number of nitrogens with zero attached hydrogens (tertiary/aromatic N) is 4. The first-order valence-electron chi connectivity index (χ1n) is 11.1. The van der Waals surface area contributed by atoms with Crippen LogP contribution in [0.4, 0.5) is 5.69 Å². The number of likely N-dealkylation sites (N-methyl/N-ethyl adjacent to an activating group) is 1. The Morgan fingerprint density at radius 3 is 2.82 bits per heavy atom. The Morgan fingerprint density at radius 1 is 1.27 bits per heavy atom. The molecule has 0 bridgehead atoms. The highest BCUT2D eigenvalue weighted by molar-refractivity contribution is 7.15. The standard InChI is InChI=1S/C25H28N4O3S/c1-5-6-13-28(4)22(30)15-29-20-14-18(10-11-21(20)32-16(2)25(29)31)23-17(3)33-24(27-23)19-9-7-8-12-26-19/h7-12,14,16H,5-6,13,15H2,1-4H3. The predicted molar refractivity (Wildman–Crippen MR) is 131 cm³/mol. The van der Waals surface area contributed by atoms with Gasteiger partial charge in [-0.05, 0) is 50.6 Å². The SMILES string of the molecule is CCCCN(C)C(=O)CN1C(=O)C(C)Oc2ccc(-c3nc(-c4ccccn4)sc3C)cc21. The summed E-state index contributed by atoms with van der Waals surface area (Å²) in [7, 11) is 1.78. The van der Waals surface area contributed by atoms with Crippen molar-refractivity contribution in [3.05, 3.63) is 47.5 Å². The van der Waals surface area contributed by atoms with E-state index in [1.165, 1.54) is 0 Å². The topological polar surface area (TPSA) is 75.6 Å². The number of aryl methyl sites for hydroxylation is 1. The van der Waals surface area contributed by atoms with Gasteiger partial charge in [0.25, 0.3) is 5.91 Å². The Hall–Kier alpha value is -3.26. The third kappa shape index (κ3) is 4.75. The van der Waals surface area contributed by atoms with Crippen LogP contribution in [0.5, 0.6) is 5.75 Å². The summed E-state index contributed by atoms with van der Waals surface area (Å²) < 4.78 is 5.83. The fourth-order valence-electron chi connectivity index (χ4n) is 3.76. The highest BCUT2D eigenvalue weighted by Gasteiger charge is 2.33. The van der Waals surface area contributed by atoms with Crippen molar-refractivity contribution in [1.29, 1.82) is 0 Å². The maximum atomic E-state index is 13.0. The van der Waals surface area contributed by atoms with Gasteiger partial charge >= 0.3 is 0 Å². The van der Waals surface area contributed by atoms with Gasteiger partial charge in [-0.2, -0.15) is 0 Å². The van der Waals surface area contributed by atoms with Gasteiger partial charge in [-0.3, -0.25) is 19.5 Å². The number of hydrogen-bond acceptors (Lipinski definition) is 6. The molecule has 7 nitrogen and oxygen atoms in total. The van der Waals surface area contributed by atoms with E-state index in [1.54, 1.807) is 41.3 Å². The average Bonchev–Trinajstić information content (AvgIpc) is 3.22. The molecule has 172 valence electrons. The van der Waals surface area contributed by atoms with Gasteiger partial charge in [0.05, 0.1) is 17.1 Å². The number of carbonyl (C=O) groups excluding carboxylic acids is 2. The molecular formula is C25H28N4O3S. The van der Waals surface area contributed by atoms with Crippen LogP contribution in [0.3, 0.4) is 0 Å². The zero-order chi connectivity index (χ0) is 23.5. The summed E-state index contributed by atoms with van der Waals surface area (Å²) in [5, 5.41) is 0.839. The lowest BCUT2D eigenvalue weighted by molar-refractivity contribution is -0.132. The summed E-state index contributed by atoms with van der Waals surface area (Å²) >= 11 is 1.58. The van der Waals surface area contributed by atoms with Crippen LogP contribution < -0.4 is 9.64 Å². The highest BCUT2D eigenvalue weighted by Crippen LogP contribution is 2.39. The third-order valence-corrected chi connectivity index (χ3v) is 6.68. The number of aromatic nitrogens is 2. The van der Waals surface area contributed by atoms with E-state index in [-0.39, 0.29) is 18.4 Å². The monoisotopic (exact) mass is 464 g/mol. The maximum Gasteiger partial charge on any atom is 0.268 e. The first-order valence-corrected chi connectivity index (χ1v) is 12.0. The second kappa shape index (κ2) is 9.70. The van der Waals surface area contributed by atoms with E-state index >= 15 is 0 Å². The van der Waals surface area contributed by atoms with Crippen molar-refractivity contribution >= 4 is 28.8 Å². The van der Waals surface area contributed by atoms with Gasteiger partial charge in [0, 0.05) is 30.2 Å². The number of hydrogen-bond donors (Lipinski definition) is 0. The quantitative estimate of drug-likeness (QED) is 0.513. The summed E-state index contributed by atoms with van der Waals surface area (Å²) in [6.07, 6.45) is 3.04. The van der Waals surface area contributed by atoms with Crippen molar-refractivity contribution in [3.8, 4) is 27.7 Å². The molecule has 0 saturated carbocycles. The van der Waals surface area contributed by atoms with Crippen molar-refractivity contribution < 1.29 is 14.3 Å². The number of fused-ring (bicyclic) bond motifs is 1. The van der Waals surface area contributed by atoms with Crippen molar-refractivity contribution in [2.45, 2.75) is 39.7 Å². The molecule has 1 unspecified atom stereocenters. The number of carbonyl (C=O) groups is 2. The summed E-state index contributed by atoms with van der Waals surface area (Å²) in [4.78, 5) is 39.3. The van der Waals surface area contributed by atoms with Gasteiger partial charge in [0.2, 0.25) is 5.91 Å². The van der Waals surface area contributed by atoms with Gasteiger partial charge in [0.15, 0.2) is 6.10 Å². The van der Waals surface area contributed by atoms with Crippen molar-refractivity contribution in [2.75, 3.05) is 25.0 Å². The van der Waals surface area contributed by atoms with E-state index in [2.05, 4.69) is 11.9 Å². The van der Waals surface area contributed by atoms with Crippen LogP contribution in [0.15, 0.2) is 42.6 Å². The fraction of sp³-hybridized carbons (Fsp3) is 0.360. The molecule has 0 aliphatic carbocycles. The number of benzene rings is 1. The van der Waals surface area contributed by atoms with Crippen LogP contribution >= 0.6 is 11.3 Å². The van der Waals surface area contributed by atoms with E-state index in [9.17, 15) is 9.59 Å². The minimum atomic E-state index is -0.645. The molecule has 0 saturated heterocycles. The molecule has 3 heterocycles. The van der Waals surface area contributed by atoms with Crippen LogP contribution in [0, 0.1) is 6.92 Å². The van der Waals surface area contributed by atoms with Crippen LogP contribution in [0.25, 0.3) is 22.0 Å². The summed E-state index contributed by atoms with van der Waals surface area (Å²) in [6, 6.07) is 11.4. The first-order chi connectivity index (χ1) is 15.9. The lowest BCUT2D eigenvalue weighted by atomic mass is 10.1. The second-order valence-corrected chi connectivity index (χ2v) is 9.38. The largest absolute Gasteiger partial charge is 0.479 e. The van der Waals surface area contributed by atoms with Crippen LogP contribution in [0.1, 0.15) is 31.6 Å². The predicted octanol–water partition coefficient (Wildman–Crippen LogP) is 4.55. The normalized spacial score (nSPS) is 15.2.